The van der Waals surface area contributed by atoms with Crippen molar-refractivity contribution >= 4 is 15.8 Å². The lowest BCUT2D eigenvalue weighted by Crippen LogP contribution is -2.53. The van der Waals surface area contributed by atoms with Crippen LogP contribution >= 0.6 is 0 Å². The van der Waals surface area contributed by atoms with Gasteiger partial charge in [0.1, 0.15) is 0 Å². The number of hydrogen-bond donors (Lipinski definition) is 3. The van der Waals surface area contributed by atoms with Gasteiger partial charge in [0.25, 0.3) is 0 Å². The highest BCUT2D eigenvalue weighted by molar-refractivity contribution is 7.91. The van der Waals surface area contributed by atoms with E-state index in [-0.39, 0.29) is 11.5 Å². The van der Waals surface area contributed by atoms with Crippen molar-refractivity contribution in [1.29, 1.82) is 0 Å². The van der Waals surface area contributed by atoms with E-state index in [2.05, 4.69) is 15.7 Å². The summed E-state index contributed by atoms with van der Waals surface area (Å²) in [6.07, 6.45) is 2.77. The van der Waals surface area contributed by atoms with Gasteiger partial charge in [-0.25, -0.2) is 19.3 Å². The third-order valence-corrected chi connectivity index (χ3v) is 4.82. The van der Waals surface area contributed by atoms with Crippen LogP contribution in [0.4, 0.5) is 0 Å². The highest BCUT2D eigenvalue weighted by Crippen LogP contribution is 2.25. The molecule has 0 aromatic heterocycles. The fourth-order valence-electron chi connectivity index (χ4n) is 1.89. The SMILES string of the molecule is CC1(NC(=NC2CC2)NN)CCS(=O)(=O)C1. The number of nitrogens with two attached hydrogens (primary N) is 1. The lowest BCUT2D eigenvalue weighted by atomic mass is 10.0. The summed E-state index contributed by atoms with van der Waals surface area (Å²) < 4.78 is 22.8. The lowest BCUT2D eigenvalue weighted by molar-refractivity contribution is 0.464. The average molecular weight is 246 g/mol. The van der Waals surface area contributed by atoms with Gasteiger partial charge in [-0.15, -0.1) is 0 Å². The van der Waals surface area contributed by atoms with Gasteiger partial charge in [-0.3, -0.25) is 5.43 Å². The van der Waals surface area contributed by atoms with Gasteiger partial charge in [-0.2, -0.15) is 0 Å². The molecule has 1 aliphatic carbocycles. The molecule has 0 amide bonds. The smallest absolute Gasteiger partial charge is 0.206 e. The van der Waals surface area contributed by atoms with Gasteiger partial charge in [0, 0.05) is 0 Å². The molecule has 1 saturated heterocycles. The summed E-state index contributed by atoms with van der Waals surface area (Å²) in [4.78, 5) is 4.34. The Kier molecular flexibility index (Phi) is 2.83. The average Bonchev–Trinajstić information content (AvgIpc) is 2.93. The molecule has 1 atom stereocenters. The fraction of sp³-hybridized carbons (Fsp3) is 0.889. The Hall–Kier alpha value is -0.820. The zero-order chi connectivity index (χ0) is 11.8. The van der Waals surface area contributed by atoms with Crippen LogP contribution in [0.1, 0.15) is 26.2 Å². The van der Waals surface area contributed by atoms with Crippen LogP contribution in [0.15, 0.2) is 4.99 Å². The zero-order valence-corrected chi connectivity index (χ0v) is 10.2. The van der Waals surface area contributed by atoms with E-state index in [4.69, 9.17) is 5.84 Å². The second kappa shape index (κ2) is 3.89. The summed E-state index contributed by atoms with van der Waals surface area (Å²) in [5, 5.41) is 3.10. The van der Waals surface area contributed by atoms with Crippen molar-refractivity contribution in [3.63, 3.8) is 0 Å². The minimum absolute atomic E-state index is 0.144. The minimum atomic E-state index is -2.91. The molecule has 0 aromatic rings. The maximum atomic E-state index is 11.4. The topological polar surface area (TPSA) is 96.6 Å². The molecule has 7 heteroatoms. The number of hydrogen-bond acceptors (Lipinski definition) is 4. The standard InChI is InChI=1S/C9H18N4O2S/c1-9(4-5-16(14,15)6-9)12-8(13-10)11-7-2-3-7/h7H,2-6,10H2,1H3,(H2,11,12,13). The molecule has 0 aromatic carbocycles. The first-order valence-corrected chi connectivity index (χ1v) is 7.28. The summed E-state index contributed by atoms with van der Waals surface area (Å²) in [5.74, 6) is 6.24. The molecule has 2 fully saturated rings. The molecule has 92 valence electrons. The first-order valence-electron chi connectivity index (χ1n) is 5.45. The second-order valence-corrected chi connectivity index (χ2v) is 7.06. The molecule has 6 nitrogen and oxygen atoms in total. The minimum Gasteiger partial charge on any atom is -0.349 e. The lowest BCUT2D eigenvalue weighted by Gasteiger charge is -2.25. The van der Waals surface area contributed by atoms with E-state index < -0.39 is 15.4 Å². The zero-order valence-electron chi connectivity index (χ0n) is 9.36. The molecular formula is C9H18N4O2S. The monoisotopic (exact) mass is 246 g/mol. The maximum absolute atomic E-state index is 11.4. The number of nitrogens with one attached hydrogen (secondary N) is 2. The van der Waals surface area contributed by atoms with E-state index >= 15 is 0 Å². The van der Waals surface area contributed by atoms with E-state index in [0.29, 0.717) is 18.4 Å². The highest BCUT2D eigenvalue weighted by atomic mass is 32.2. The summed E-state index contributed by atoms with van der Waals surface area (Å²) in [6.45, 7) is 1.89. The van der Waals surface area contributed by atoms with Crippen molar-refractivity contribution in [2.75, 3.05) is 11.5 Å². The first-order chi connectivity index (χ1) is 7.42. The predicted octanol–water partition coefficient (Wildman–Crippen LogP) is -0.865. The molecule has 1 unspecified atom stereocenters. The van der Waals surface area contributed by atoms with Crippen LogP contribution in [0.2, 0.25) is 0 Å². The van der Waals surface area contributed by atoms with Gasteiger partial charge < -0.3 is 5.32 Å². The summed E-state index contributed by atoms with van der Waals surface area (Å²) >= 11 is 0. The van der Waals surface area contributed by atoms with Gasteiger partial charge in [0.15, 0.2) is 9.84 Å². The third kappa shape index (κ3) is 2.85. The van der Waals surface area contributed by atoms with Gasteiger partial charge >= 0.3 is 0 Å². The molecule has 0 radical (unpaired) electrons. The van der Waals surface area contributed by atoms with E-state index in [0.717, 1.165) is 12.8 Å². The van der Waals surface area contributed by atoms with E-state index in [1.54, 1.807) is 0 Å². The Morgan fingerprint density at radius 2 is 2.19 bits per heavy atom. The van der Waals surface area contributed by atoms with E-state index in [9.17, 15) is 8.42 Å². The first kappa shape index (κ1) is 11.7. The molecule has 4 N–H and O–H groups in total. The van der Waals surface area contributed by atoms with Crippen molar-refractivity contribution in [3.05, 3.63) is 0 Å². The van der Waals surface area contributed by atoms with Crippen LogP contribution in [-0.2, 0) is 9.84 Å². The molecule has 1 saturated carbocycles. The normalized spacial score (nSPS) is 33.8. The molecule has 16 heavy (non-hydrogen) atoms. The Balaban J connectivity index is 2.02. The van der Waals surface area contributed by atoms with Gasteiger partial charge in [0.05, 0.1) is 23.1 Å². The number of sulfone groups is 1. The van der Waals surface area contributed by atoms with Gasteiger partial charge in [0.2, 0.25) is 5.96 Å². The summed E-state index contributed by atoms with van der Waals surface area (Å²) in [7, 11) is -2.91. The van der Waals surface area contributed by atoms with Crippen molar-refractivity contribution in [3.8, 4) is 0 Å². The molecule has 1 heterocycles. The van der Waals surface area contributed by atoms with Crippen LogP contribution in [0, 0.1) is 0 Å². The third-order valence-electron chi connectivity index (χ3n) is 2.92. The van der Waals surface area contributed by atoms with Crippen LogP contribution in [0.3, 0.4) is 0 Å². The van der Waals surface area contributed by atoms with E-state index in [1.165, 1.54) is 0 Å². The Morgan fingerprint density at radius 3 is 2.62 bits per heavy atom. The van der Waals surface area contributed by atoms with Crippen molar-refractivity contribution < 1.29 is 8.42 Å². The van der Waals surface area contributed by atoms with Crippen LogP contribution < -0.4 is 16.6 Å². The van der Waals surface area contributed by atoms with Crippen LogP contribution in [0.25, 0.3) is 0 Å². The van der Waals surface area contributed by atoms with Crippen molar-refractivity contribution in [2.24, 2.45) is 10.8 Å². The molecule has 1 aliphatic heterocycles. The Bertz CT molecular complexity index is 402. The van der Waals surface area contributed by atoms with Crippen molar-refractivity contribution in [1.82, 2.24) is 10.7 Å². The second-order valence-electron chi connectivity index (χ2n) is 4.88. The Labute approximate surface area is 95.6 Å². The quantitative estimate of drug-likeness (QED) is 0.255. The maximum Gasteiger partial charge on any atom is 0.206 e. The number of guanidine groups is 1. The molecule has 0 bridgehead atoms. The fourth-order valence-corrected chi connectivity index (χ4v) is 3.98. The molecule has 2 rings (SSSR count). The van der Waals surface area contributed by atoms with Crippen LogP contribution in [-0.4, -0.2) is 37.5 Å². The molecular weight excluding hydrogens is 228 g/mol. The predicted molar refractivity (Wildman–Crippen MR) is 62.6 cm³/mol. The van der Waals surface area contributed by atoms with Gasteiger partial charge in [-0.05, 0) is 26.2 Å². The number of nitrogens with zero attached hydrogens (tertiary/aromatic N) is 1. The van der Waals surface area contributed by atoms with Crippen molar-refractivity contribution in [2.45, 2.75) is 37.8 Å². The van der Waals surface area contributed by atoms with Crippen LogP contribution in [0.5, 0.6) is 0 Å². The highest BCUT2D eigenvalue weighted by Gasteiger charge is 2.39. The Morgan fingerprint density at radius 1 is 1.50 bits per heavy atom. The number of aliphatic imine (C=N–C) groups is 1. The van der Waals surface area contributed by atoms with Gasteiger partial charge in [-0.1, -0.05) is 0 Å². The summed E-state index contributed by atoms with van der Waals surface area (Å²) in [5.41, 5.74) is 2.05. The van der Waals surface area contributed by atoms with E-state index in [1.807, 2.05) is 6.92 Å². The largest absolute Gasteiger partial charge is 0.349 e. The summed E-state index contributed by atoms with van der Waals surface area (Å²) in [6, 6.07) is 0.347. The molecule has 0 spiro atoms. The molecule has 2 aliphatic rings. The number of rotatable bonds is 2. The number of hydrazine groups is 1.